The molecule has 2 aliphatic carbocycles. The summed E-state index contributed by atoms with van der Waals surface area (Å²) in [6.45, 7) is 0.767. The Morgan fingerprint density at radius 1 is 0.958 bits per heavy atom. The first-order chi connectivity index (χ1) is 22.6. The Balaban J connectivity index is 1.41. The van der Waals surface area contributed by atoms with Gasteiger partial charge in [-0.15, -0.1) is 0 Å². The number of benzene rings is 2. The zero-order valence-electron chi connectivity index (χ0n) is 25.5. The van der Waals surface area contributed by atoms with Crippen molar-refractivity contribution in [3.05, 3.63) is 76.6 Å². The molecular weight excluding hydrogens is 651 g/mol. The fraction of sp³-hybridized carbons (Fsp3) is 0.424. The fourth-order valence-corrected chi connectivity index (χ4v) is 6.82. The number of ether oxygens (including phenoxy) is 1. The smallest absolute Gasteiger partial charge is 0.419 e. The van der Waals surface area contributed by atoms with E-state index in [0.29, 0.717) is 43.6 Å². The van der Waals surface area contributed by atoms with Crippen molar-refractivity contribution in [3.63, 3.8) is 0 Å². The number of allylic oxidation sites excluding steroid dienone is 1. The molecule has 1 heterocycles. The van der Waals surface area contributed by atoms with Crippen molar-refractivity contribution in [3.8, 4) is 5.75 Å². The van der Waals surface area contributed by atoms with Gasteiger partial charge < -0.3 is 25.4 Å². The SMILES string of the molecule is COc1ccc(/C=C\C(=O)N2CCC(O)CC2)cc1C(=O)N[C@H]1[C@@H](C(=O)Nc2ccc(F)c(C(F)(F)F)c2)[C@H]2CC[C@@H]1/C2=C\C(F)(F)F. The van der Waals surface area contributed by atoms with E-state index in [1.54, 1.807) is 11.0 Å². The maximum atomic E-state index is 13.8. The Hall–Kier alpha value is -4.40. The van der Waals surface area contributed by atoms with Gasteiger partial charge in [-0.1, -0.05) is 11.6 Å². The van der Waals surface area contributed by atoms with Crippen LogP contribution in [-0.4, -0.2) is 66.2 Å². The molecule has 2 aromatic carbocycles. The number of alkyl halides is 6. The number of hydrogen-bond acceptors (Lipinski definition) is 5. The molecule has 3 N–H and O–H groups in total. The normalized spacial score (nSPS) is 23.9. The monoisotopic (exact) mass is 683 g/mol. The van der Waals surface area contributed by atoms with Crippen molar-refractivity contribution in [2.24, 2.45) is 17.8 Å². The topological polar surface area (TPSA) is 108 Å². The summed E-state index contributed by atoms with van der Waals surface area (Å²) in [6, 6.07) is 5.09. The largest absolute Gasteiger partial charge is 0.496 e. The molecule has 2 aromatic rings. The number of anilines is 1. The molecule has 0 spiro atoms. The van der Waals surface area contributed by atoms with Gasteiger partial charge in [-0.25, -0.2) is 4.39 Å². The minimum absolute atomic E-state index is 0.0372. The number of likely N-dealkylation sites (tertiary alicyclic amines) is 1. The summed E-state index contributed by atoms with van der Waals surface area (Å²) in [5.41, 5.74) is -1.77. The van der Waals surface area contributed by atoms with E-state index in [2.05, 4.69) is 10.6 Å². The van der Waals surface area contributed by atoms with E-state index < -0.39 is 71.1 Å². The van der Waals surface area contributed by atoms with Crippen molar-refractivity contribution in [2.75, 3.05) is 25.5 Å². The summed E-state index contributed by atoms with van der Waals surface area (Å²) in [5.74, 6) is -6.66. The van der Waals surface area contributed by atoms with Gasteiger partial charge in [0.15, 0.2) is 0 Å². The minimum Gasteiger partial charge on any atom is -0.496 e. The highest BCUT2D eigenvalue weighted by molar-refractivity contribution is 6.00. The molecule has 0 unspecified atom stereocenters. The van der Waals surface area contributed by atoms with Crippen LogP contribution in [0.4, 0.5) is 36.4 Å². The fourth-order valence-electron chi connectivity index (χ4n) is 6.82. The van der Waals surface area contributed by atoms with Crippen LogP contribution in [0.15, 0.2) is 54.1 Å². The Morgan fingerprint density at radius 2 is 1.65 bits per heavy atom. The van der Waals surface area contributed by atoms with Gasteiger partial charge in [-0.2, -0.15) is 26.3 Å². The molecule has 258 valence electrons. The summed E-state index contributed by atoms with van der Waals surface area (Å²) in [5, 5.41) is 14.6. The number of aliphatic hydroxyl groups excluding tert-OH is 1. The number of piperidine rings is 1. The molecule has 0 radical (unpaired) electrons. The highest BCUT2D eigenvalue weighted by Gasteiger charge is 2.55. The highest BCUT2D eigenvalue weighted by atomic mass is 19.4. The molecule has 1 saturated heterocycles. The van der Waals surface area contributed by atoms with E-state index in [1.807, 2.05) is 0 Å². The van der Waals surface area contributed by atoms with Gasteiger partial charge in [-0.05, 0) is 73.6 Å². The summed E-state index contributed by atoms with van der Waals surface area (Å²) < 4.78 is 99.7. The lowest BCUT2D eigenvalue weighted by molar-refractivity contribution is -0.140. The van der Waals surface area contributed by atoms with Gasteiger partial charge in [0.1, 0.15) is 11.6 Å². The highest BCUT2D eigenvalue weighted by Crippen LogP contribution is 2.54. The molecule has 2 bridgehead atoms. The van der Waals surface area contributed by atoms with E-state index in [9.17, 15) is 50.2 Å². The number of aliphatic hydroxyl groups is 1. The predicted octanol–water partition coefficient (Wildman–Crippen LogP) is 5.73. The van der Waals surface area contributed by atoms with Gasteiger partial charge in [0.05, 0.1) is 30.3 Å². The van der Waals surface area contributed by atoms with Crippen LogP contribution < -0.4 is 15.4 Å². The van der Waals surface area contributed by atoms with E-state index in [0.717, 1.165) is 6.07 Å². The van der Waals surface area contributed by atoms with Crippen LogP contribution in [0.5, 0.6) is 5.75 Å². The Labute approximate surface area is 270 Å². The number of rotatable bonds is 7. The summed E-state index contributed by atoms with van der Waals surface area (Å²) >= 11 is 0. The van der Waals surface area contributed by atoms with Gasteiger partial charge in [0.2, 0.25) is 11.8 Å². The molecular formula is C33H32F7N3O5. The minimum atomic E-state index is -5.07. The van der Waals surface area contributed by atoms with Crippen LogP contribution in [0.3, 0.4) is 0 Å². The quantitative estimate of drug-likeness (QED) is 0.196. The van der Waals surface area contributed by atoms with Crippen LogP contribution in [0.1, 0.15) is 47.2 Å². The first kappa shape index (κ1) is 34.9. The molecule has 5 rings (SSSR count). The molecule has 8 nitrogen and oxygen atoms in total. The van der Waals surface area contributed by atoms with Crippen molar-refractivity contribution < 1.29 is 55.0 Å². The van der Waals surface area contributed by atoms with Crippen LogP contribution in [-0.2, 0) is 15.8 Å². The van der Waals surface area contributed by atoms with Crippen LogP contribution in [0, 0.1) is 23.6 Å². The zero-order valence-corrected chi connectivity index (χ0v) is 25.5. The summed E-state index contributed by atoms with van der Waals surface area (Å²) in [6.07, 6.45) is -6.09. The number of amides is 3. The van der Waals surface area contributed by atoms with E-state index in [1.165, 1.54) is 31.4 Å². The lowest BCUT2D eigenvalue weighted by Gasteiger charge is -2.30. The molecule has 15 heteroatoms. The number of hydrogen-bond donors (Lipinski definition) is 3. The van der Waals surface area contributed by atoms with Crippen LogP contribution in [0.25, 0.3) is 6.08 Å². The Kier molecular flexibility index (Phi) is 9.90. The average Bonchev–Trinajstić information content (AvgIpc) is 3.53. The number of carbonyl (C=O) groups excluding carboxylic acids is 3. The average molecular weight is 684 g/mol. The molecule has 4 atom stereocenters. The molecule has 1 aliphatic heterocycles. The maximum Gasteiger partial charge on any atom is 0.419 e. The number of nitrogens with zero attached hydrogens (tertiary/aromatic N) is 1. The second-order valence-corrected chi connectivity index (χ2v) is 12.0. The van der Waals surface area contributed by atoms with E-state index >= 15 is 0 Å². The Bertz CT molecular complexity index is 1630. The second-order valence-electron chi connectivity index (χ2n) is 12.0. The number of fused-ring (bicyclic) bond motifs is 2. The third kappa shape index (κ3) is 7.66. The molecule has 3 aliphatic rings. The third-order valence-electron chi connectivity index (χ3n) is 9.03. The van der Waals surface area contributed by atoms with Crippen molar-refractivity contribution >= 4 is 29.5 Å². The summed E-state index contributed by atoms with van der Waals surface area (Å²) in [7, 11) is 1.30. The lowest BCUT2D eigenvalue weighted by atomic mass is 9.83. The van der Waals surface area contributed by atoms with Gasteiger partial charge in [-0.3, -0.25) is 14.4 Å². The molecule has 3 amide bonds. The Morgan fingerprint density at radius 3 is 2.29 bits per heavy atom. The third-order valence-corrected chi connectivity index (χ3v) is 9.03. The number of nitrogens with one attached hydrogen (secondary N) is 2. The molecule has 2 saturated carbocycles. The van der Waals surface area contributed by atoms with E-state index in [-0.39, 0.29) is 41.7 Å². The molecule has 0 aromatic heterocycles. The first-order valence-corrected chi connectivity index (χ1v) is 15.2. The van der Waals surface area contributed by atoms with Crippen molar-refractivity contribution in [1.29, 1.82) is 0 Å². The van der Waals surface area contributed by atoms with Gasteiger partial charge >= 0.3 is 12.4 Å². The number of methoxy groups -OCH3 is 1. The standard InChI is InChI=1S/C33H32F7N3O5/c1-48-26-8-2-17(3-9-27(45)43-12-10-19(44)11-13-43)14-22(26)30(46)42-29-21-6-5-20(23(21)16-32(35,36)37)28(29)31(47)41-18-4-7-25(34)24(15-18)33(38,39)40/h2-4,7-9,14-16,19-21,28-29,44H,5-6,10-13H2,1H3,(H,41,47)(H,42,46)/b9-3-,23-16-/t20-,21+,28-,29+/m0/s1. The van der Waals surface area contributed by atoms with Crippen LogP contribution >= 0.6 is 0 Å². The van der Waals surface area contributed by atoms with Crippen molar-refractivity contribution in [1.82, 2.24) is 10.2 Å². The van der Waals surface area contributed by atoms with Gasteiger partial charge in [0.25, 0.3) is 5.91 Å². The molecule has 3 fully saturated rings. The predicted molar refractivity (Wildman–Crippen MR) is 159 cm³/mol. The first-order valence-electron chi connectivity index (χ1n) is 15.2. The van der Waals surface area contributed by atoms with Crippen molar-refractivity contribution in [2.45, 2.75) is 50.2 Å². The zero-order chi connectivity index (χ0) is 35.0. The lowest BCUT2D eigenvalue weighted by Crippen LogP contribution is -2.48. The maximum absolute atomic E-state index is 13.8. The van der Waals surface area contributed by atoms with Crippen LogP contribution in [0.2, 0.25) is 0 Å². The van der Waals surface area contributed by atoms with E-state index in [4.69, 9.17) is 4.74 Å². The number of halogens is 7. The molecule has 48 heavy (non-hydrogen) atoms. The summed E-state index contributed by atoms with van der Waals surface area (Å²) in [4.78, 5) is 41.4. The second kappa shape index (κ2) is 13.6. The van der Waals surface area contributed by atoms with Gasteiger partial charge in [0, 0.05) is 42.9 Å². The number of carbonyl (C=O) groups is 3.